The lowest BCUT2D eigenvalue weighted by Crippen LogP contribution is -2.59. The van der Waals surface area contributed by atoms with Gasteiger partial charge in [0.25, 0.3) is 0 Å². The molecule has 0 saturated carbocycles. The van der Waals surface area contributed by atoms with Gasteiger partial charge in [0.05, 0.1) is 6.04 Å². The Hall–Kier alpha value is -6.49. The van der Waals surface area contributed by atoms with Crippen LogP contribution in [0.3, 0.4) is 0 Å². The third-order valence-corrected chi connectivity index (χ3v) is 9.52. The molecule has 17 nitrogen and oxygen atoms in total. The average molecular weight is 788 g/mol. The van der Waals surface area contributed by atoms with Gasteiger partial charge in [-0.25, -0.2) is 4.79 Å². The molecule has 1 saturated heterocycles. The van der Waals surface area contributed by atoms with Gasteiger partial charge in [-0.15, -0.1) is 0 Å². The monoisotopic (exact) mass is 787 g/mol. The van der Waals surface area contributed by atoms with Gasteiger partial charge in [-0.3, -0.25) is 28.8 Å². The van der Waals surface area contributed by atoms with Crippen LogP contribution >= 0.6 is 0 Å². The fraction of sp³-hybridized carbons (Fsp3) is 0.375. The second-order valence-corrected chi connectivity index (χ2v) is 14.0. The molecule has 0 radical (unpaired) electrons. The normalized spacial score (nSPS) is 16.2. The first-order chi connectivity index (χ1) is 27.1. The predicted octanol–water partition coefficient (Wildman–Crippen LogP) is -0.247. The number of hydrogen-bond donors (Lipinski definition) is 9. The Morgan fingerprint density at radius 3 is 1.77 bits per heavy atom. The van der Waals surface area contributed by atoms with Gasteiger partial charge in [-0.2, -0.15) is 0 Å². The van der Waals surface area contributed by atoms with Crippen molar-refractivity contribution in [2.75, 3.05) is 6.54 Å². The Morgan fingerprint density at radius 2 is 1.21 bits per heavy atom. The van der Waals surface area contributed by atoms with Crippen molar-refractivity contribution in [3.05, 3.63) is 95.6 Å². The molecule has 0 bridgehead atoms. The van der Waals surface area contributed by atoms with Crippen molar-refractivity contribution < 1.29 is 48.9 Å². The Kier molecular flexibility index (Phi) is 15.5. The zero-order chi connectivity index (χ0) is 41.6. The number of aliphatic carboxylic acids is 1. The molecule has 0 aliphatic carbocycles. The summed E-state index contributed by atoms with van der Waals surface area (Å²) in [5, 5.41) is 39.3. The fourth-order valence-corrected chi connectivity index (χ4v) is 6.41. The first-order valence-corrected chi connectivity index (χ1v) is 18.5. The highest BCUT2D eigenvalue weighted by atomic mass is 16.4. The van der Waals surface area contributed by atoms with E-state index >= 15 is 0 Å². The molecular formula is C40H49N7O10. The molecule has 1 fully saturated rings. The summed E-state index contributed by atoms with van der Waals surface area (Å²) in [4.78, 5) is 92.4. The molecule has 4 rings (SSSR count). The molecule has 304 valence electrons. The number of nitrogens with one attached hydrogen (secondary N) is 4. The van der Waals surface area contributed by atoms with E-state index in [1.807, 2.05) is 0 Å². The number of carbonyl (C=O) groups is 7. The summed E-state index contributed by atoms with van der Waals surface area (Å²) in [7, 11) is 0. The minimum atomic E-state index is -1.45. The maximum absolute atomic E-state index is 13.8. The van der Waals surface area contributed by atoms with Crippen LogP contribution in [0, 0.1) is 0 Å². The van der Waals surface area contributed by atoms with E-state index in [1.165, 1.54) is 36.1 Å². The third-order valence-electron chi connectivity index (χ3n) is 9.52. The molecule has 0 spiro atoms. The van der Waals surface area contributed by atoms with Crippen LogP contribution in [-0.2, 0) is 52.8 Å². The quantitative estimate of drug-likeness (QED) is 0.0764. The summed E-state index contributed by atoms with van der Waals surface area (Å²) in [5.74, 6) is -5.52. The maximum Gasteiger partial charge on any atom is 0.326 e. The molecule has 0 unspecified atom stereocenters. The van der Waals surface area contributed by atoms with Crippen LogP contribution in [0.5, 0.6) is 11.5 Å². The number of nitrogens with zero attached hydrogens (tertiary/aromatic N) is 1. The van der Waals surface area contributed by atoms with Crippen molar-refractivity contribution in [1.82, 2.24) is 26.2 Å². The van der Waals surface area contributed by atoms with Crippen LogP contribution in [0.4, 0.5) is 0 Å². The van der Waals surface area contributed by atoms with Gasteiger partial charge in [-0.1, -0.05) is 54.6 Å². The van der Waals surface area contributed by atoms with Gasteiger partial charge in [0.2, 0.25) is 35.4 Å². The molecule has 1 heterocycles. The number of aromatic hydroxyl groups is 2. The number of carboxylic acids is 1. The van der Waals surface area contributed by atoms with Crippen molar-refractivity contribution in [3.8, 4) is 11.5 Å². The minimum Gasteiger partial charge on any atom is -0.508 e. The zero-order valence-corrected chi connectivity index (χ0v) is 31.4. The zero-order valence-electron chi connectivity index (χ0n) is 31.4. The standard InChI is InChI=1S/C40H49N7O10/c1-23(43-36(52)31(22-26-11-15-28(49)16-12-26)45-35(51)29(41)20-25-9-13-27(48)14-10-25)39(55)47-19-5-8-33(47)38(54)46-32(21-24-6-3-2-4-7-24)37(53)44-30(40(56)57)17-18-34(42)50/h2-4,6-7,9-16,23,29-33,48-49H,5,8,17-22,41H2,1H3,(H2,42,50)(H,43,52)(H,44,53)(H,45,51)(H,46,54)(H,56,57)/t23-,29-,30-,31-,32-,33-/m0/s1. The Balaban J connectivity index is 1.45. The van der Waals surface area contributed by atoms with E-state index in [9.17, 15) is 48.9 Å². The number of nitrogens with two attached hydrogens (primary N) is 2. The molecule has 6 amide bonds. The first kappa shape index (κ1) is 43.2. The van der Waals surface area contributed by atoms with E-state index < -0.39 is 77.7 Å². The van der Waals surface area contributed by atoms with Crippen molar-refractivity contribution in [2.45, 2.75) is 88.1 Å². The highest BCUT2D eigenvalue weighted by Gasteiger charge is 2.39. The number of hydrogen-bond acceptors (Lipinski definition) is 10. The third kappa shape index (κ3) is 13.1. The van der Waals surface area contributed by atoms with E-state index in [1.54, 1.807) is 54.6 Å². The summed E-state index contributed by atoms with van der Waals surface area (Å²) >= 11 is 0. The molecule has 1 aliphatic rings. The van der Waals surface area contributed by atoms with Gasteiger partial charge in [-0.05, 0) is 73.6 Å². The summed E-state index contributed by atoms with van der Waals surface area (Å²) in [6.45, 7) is 1.61. The molecule has 17 heteroatoms. The molecular weight excluding hydrogens is 738 g/mol. The predicted molar refractivity (Wildman–Crippen MR) is 206 cm³/mol. The van der Waals surface area contributed by atoms with E-state index in [0.717, 1.165) is 0 Å². The van der Waals surface area contributed by atoms with Gasteiger partial charge >= 0.3 is 5.97 Å². The smallest absolute Gasteiger partial charge is 0.326 e. The van der Waals surface area contributed by atoms with Gasteiger partial charge in [0, 0.05) is 25.8 Å². The summed E-state index contributed by atoms with van der Waals surface area (Å²) < 4.78 is 0. The second kappa shape index (κ2) is 20.4. The number of carbonyl (C=O) groups excluding carboxylic acids is 6. The van der Waals surface area contributed by atoms with Gasteiger partial charge in [0.1, 0.15) is 41.7 Å². The van der Waals surface area contributed by atoms with E-state index in [2.05, 4.69) is 21.3 Å². The maximum atomic E-state index is 13.8. The van der Waals surface area contributed by atoms with Crippen LogP contribution < -0.4 is 32.7 Å². The highest BCUT2D eigenvalue weighted by Crippen LogP contribution is 2.20. The Morgan fingerprint density at radius 1 is 0.702 bits per heavy atom. The summed E-state index contributed by atoms with van der Waals surface area (Å²) in [6.07, 6.45) is 0.202. The van der Waals surface area contributed by atoms with Gasteiger partial charge in [0.15, 0.2) is 0 Å². The highest BCUT2D eigenvalue weighted by molar-refractivity contribution is 5.96. The van der Waals surface area contributed by atoms with Crippen LogP contribution in [0.2, 0.25) is 0 Å². The number of carboxylic acid groups (broad SMARTS) is 1. The van der Waals surface area contributed by atoms with E-state index in [-0.39, 0.29) is 56.6 Å². The van der Waals surface area contributed by atoms with E-state index in [4.69, 9.17) is 11.5 Å². The fourth-order valence-electron chi connectivity index (χ4n) is 6.41. The minimum absolute atomic E-state index is 0.000182. The average Bonchev–Trinajstić information content (AvgIpc) is 3.67. The lowest BCUT2D eigenvalue weighted by atomic mass is 10.0. The molecule has 6 atom stereocenters. The number of amides is 6. The SMILES string of the molecule is C[C@H](NC(=O)[C@H](Cc1ccc(O)cc1)NC(=O)[C@@H](N)Cc1ccc(O)cc1)C(=O)N1CCC[C@H]1C(=O)N[C@@H](Cc1ccccc1)C(=O)N[C@@H](CCC(N)=O)C(=O)O. The van der Waals surface area contributed by atoms with Crippen molar-refractivity contribution in [2.24, 2.45) is 11.5 Å². The number of phenols is 2. The first-order valence-electron chi connectivity index (χ1n) is 18.5. The number of rotatable bonds is 19. The molecule has 11 N–H and O–H groups in total. The molecule has 57 heavy (non-hydrogen) atoms. The molecule has 3 aromatic carbocycles. The van der Waals surface area contributed by atoms with Crippen LogP contribution in [0.25, 0.3) is 0 Å². The topological polar surface area (TPSA) is 284 Å². The second-order valence-electron chi connectivity index (χ2n) is 14.0. The Labute approximate surface area is 329 Å². The molecule has 0 aromatic heterocycles. The summed E-state index contributed by atoms with van der Waals surface area (Å²) in [6, 6.07) is 13.7. The number of phenolic OH excluding ortho intramolecular Hbond substituents is 2. The number of primary amides is 1. The van der Waals surface area contributed by atoms with Crippen molar-refractivity contribution in [3.63, 3.8) is 0 Å². The largest absolute Gasteiger partial charge is 0.508 e. The van der Waals surface area contributed by atoms with Crippen LogP contribution in [-0.4, -0.2) is 104 Å². The van der Waals surface area contributed by atoms with Crippen molar-refractivity contribution >= 4 is 41.4 Å². The van der Waals surface area contributed by atoms with Crippen molar-refractivity contribution in [1.29, 1.82) is 0 Å². The Bertz CT molecular complexity index is 1890. The van der Waals surface area contributed by atoms with Gasteiger partial charge < -0.3 is 53.0 Å². The van der Waals surface area contributed by atoms with E-state index in [0.29, 0.717) is 23.1 Å². The van der Waals surface area contributed by atoms with Crippen LogP contribution in [0.1, 0.15) is 49.3 Å². The lowest BCUT2D eigenvalue weighted by Gasteiger charge is -2.30. The molecule has 3 aromatic rings. The lowest BCUT2D eigenvalue weighted by molar-refractivity contribution is -0.143. The van der Waals surface area contributed by atoms with Crippen LogP contribution in [0.15, 0.2) is 78.9 Å². The number of likely N-dealkylation sites (tertiary alicyclic amines) is 1. The molecule has 1 aliphatic heterocycles. The number of benzene rings is 3. The summed E-state index contributed by atoms with van der Waals surface area (Å²) in [5.41, 5.74) is 13.3.